The number of benzene rings is 1. The van der Waals surface area contributed by atoms with Gasteiger partial charge in [0.05, 0.1) is 15.5 Å². The number of rotatable bonds is 7. The molecule has 1 aromatic carbocycles. The van der Waals surface area contributed by atoms with Crippen LogP contribution in [0.1, 0.15) is 6.92 Å². The van der Waals surface area contributed by atoms with Gasteiger partial charge in [0.2, 0.25) is 0 Å². The van der Waals surface area contributed by atoms with Crippen molar-refractivity contribution in [3.63, 3.8) is 0 Å². The van der Waals surface area contributed by atoms with Gasteiger partial charge in [-0.15, -0.1) is 0 Å². The van der Waals surface area contributed by atoms with E-state index in [0.29, 0.717) is 23.4 Å². The van der Waals surface area contributed by atoms with Crippen molar-refractivity contribution in [3.8, 4) is 5.75 Å². The number of hydrogen-bond donors (Lipinski definition) is 1. The van der Waals surface area contributed by atoms with Crippen molar-refractivity contribution >= 4 is 21.6 Å². The fourth-order valence-corrected chi connectivity index (χ4v) is 1.61. The third-order valence-electron chi connectivity index (χ3n) is 2.18. The lowest BCUT2D eigenvalue weighted by molar-refractivity contribution is -0.384. The quantitative estimate of drug-likeness (QED) is 0.477. The summed E-state index contributed by atoms with van der Waals surface area (Å²) in [5.74, 6) is 0.446. The van der Waals surface area contributed by atoms with E-state index < -0.39 is 4.92 Å². The molecule has 0 saturated carbocycles. The molecule has 1 rings (SSSR count). The average Bonchev–Trinajstić information content (AvgIpc) is 2.35. The van der Waals surface area contributed by atoms with Gasteiger partial charge in [-0.25, -0.2) is 0 Å². The van der Waals surface area contributed by atoms with Gasteiger partial charge in [-0.3, -0.25) is 10.1 Å². The molecule has 0 unspecified atom stereocenters. The number of likely N-dealkylation sites (N-methyl/N-ethyl adjacent to an activating group) is 1. The molecule has 0 aliphatic carbocycles. The van der Waals surface area contributed by atoms with Gasteiger partial charge < -0.3 is 10.1 Å². The number of nitro groups is 1. The van der Waals surface area contributed by atoms with Gasteiger partial charge in [-0.2, -0.15) is 0 Å². The van der Waals surface area contributed by atoms with Crippen LogP contribution in [0.5, 0.6) is 5.75 Å². The predicted octanol–water partition coefficient (Wildman–Crippen LogP) is 2.90. The van der Waals surface area contributed by atoms with Gasteiger partial charge in [0.25, 0.3) is 5.69 Å². The average molecular weight is 315 g/mol. The Morgan fingerprint density at radius 1 is 1.61 bits per heavy atom. The van der Waals surface area contributed by atoms with E-state index in [0.717, 1.165) is 12.1 Å². The Morgan fingerprint density at radius 3 is 2.94 bits per heavy atom. The van der Waals surface area contributed by atoms with Crippen LogP contribution in [0, 0.1) is 10.1 Å². The van der Waals surface area contributed by atoms with E-state index in [1.54, 1.807) is 6.07 Å². The largest absolute Gasteiger partial charge is 0.488 e. The van der Waals surface area contributed by atoms with Crippen LogP contribution in [0.15, 0.2) is 34.8 Å². The fourth-order valence-electron chi connectivity index (χ4n) is 1.25. The summed E-state index contributed by atoms with van der Waals surface area (Å²) in [5.41, 5.74) is 0.890. The topological polar surface area (TPSA) is 64.4 Å². The first-order chi connectivity index (χ1) is 8.54. The van der Waals surface area contributed by atoms with E-state index in [1.807, 2.05) is 6.92 Å². The van der Waals surface area contributed by atoms with E-state index >= 15 is 0 Å². The number of nitrogens with zero attached hydrogens (tertiary/aromatic N) is 1. The van der Waals surface area contributed by atoms with Crippen molar-refractivity contribution in [1.82, 2.24) is 5.32 Å². The molecule has 0 atom stereocenters. The second-order valence-corrected chi connectivity index (χ2v) is 4.55. The number of nitrogens with one attached hydrogen (secondary N) is 1. The molecule has 0 heterocycles. The molecule has 0 saturated heterocycles. The van der Waals surface area contributed by atoms with Crippen LogP contribution in [0.25, 0.3) is 0 Å². The highest BCUT2D eigenvalue weighted by molar-refractivity contribution is 9.10. The minimum absolute atomic E-state index is 0.00509. The third kappa shape index (κ3) is 4.46. The summed E-state index contributed by atoms with van der Waals surface area (Å²) in [6, 6.07) is 4.41. The van der Waals surface area contributed by atoms with Crippen molar-refractivity contribution < 1.29 is 9.66 Å². The minimum atomic E-state index is -0.452. The Balaban J connectivity index is 2.63. The molecule has 6 heteroatoms. The number of nitro benzene ring substituents is 1. The van der Waals surface area contributed by atoms with Crippen molar-refractivity contribution in [2.24, 2.45) is 0 Å². The SMILES string of the molecule is C=C(CNCC)COc1cc([N+](=O)[O-])ccc1Br. The molecule has 0 fully saturated rings. The Labute approximate surface area is 114 Å². The molecule has 1 N–H and O–H groups in total. The van der Waals surface area contributed by atoms with E-state index in [2.05, 4.69) is 27.8 Å². The molecule has 0 amide bonds. The Bertz CT molecular complexity index is 449. The normalized spacial score (nSPS) is 10.1. The molecule has 0 spiro atoms. The van der Waals surface area contributed by atoms with Gasteiger partial charge in [0.1, 0.15) is 12.4 Å². The molecule has 5 nitrogen and oxygen atoms in total. The van der Waals surface area contributed by atoms with Crippen LogP contribution >= 0.6 is 15.9 Å². The maximum absolute atomic E-state index is 10.7. The van der Waals surface area contributed by atoms with E-state index in [-0.39, 0.29) is 5.69 Å². The highest BCUT2D eigenvalue weighted by Gasteiger charge is 2.10. The highest BCUT2D eigenvalue weighted by atomic mass is 79.9. The molecule has 0 aromatic heterocycles. The summed E-state index contributed by atoms with van der Waals surface area (Å²) in [4.78, 5) is 10.2. The van der Waals surface area contributed by atoms with Crippen molar-refractivity contribution in [2.45, 2.75) is 6.92 Å². The van der Waals surface area contributed by atoms with Gasteiger partial charge in [0.15, 0.2) is 0 Å². The molecule has 0 bridgehead atoms. The first kappa shape index (κ1) is 14.7. The number of halogens is 1. The number of hydrogen-bond acceptors (Lipinski definition) is 4. The van der Waals surface area contributed by atoms with Crippen molar-refractivity contribution in [1.29, 1.82) is 0 Å². The van der Waals surface area contributed by atoms with E-state index in [1.165, 1.54) is 12.1 Å². The summed E-state index contributed by atoms with van der Waals surface area (Å²) >= 11 is 3.29. The zero-order valence-corrected chi connectivity index (χ0v) is 11.7. The Morgan fingerprint density at radius 2 is 2.33 bits per heavy atom. The van der Waals surface area contributed by atoms with Crippen LogP contribution in [0.3, 0.4) is 0 Å². The van der Waals surface area contributed by atoms with E-state index in [4.69, 9.17) is 4.74 Å². The van der Waals surface area contributed by atoms with E-state index in [9.17, 15) is 10.1 Å². The fraction of sp³-hybridized carbons (Fsp3) is 0.333. The highest BCUT2D eigenvalue weighted by Crippen LogP contribution is 2.29. The first-order valence-electron chi connectivity index (χ1n) is 5.48. The predicted molar refractivity (Wildman–Crippen MR) is 74.0 cm³/mol. The monoisotopic (exact) mass is 314 g/mol. The summed E-state index contributed by atoms with van der Waals surface area (Å²) < 4.78 is 6.18. The van der Waals surface area contributed by atoms with Crippen molar-refractivity contribution in [3.05, 3.63) is 44.9 Å². The molecule has 0 radical (unpaired) electrons. The van der Waals surface area contributed by atoms with Crippen LogP contribution in [0.4, 0.5) is 5.69 Å². The lowest BCUT2D eigenvalue weighted by atomic mass is 10.3. The van der Waals surface area contributed by atoms with Gasteiger partial charge in [-0.05, 0) is 34.1 Å². The lowest BCUT2D eigenvalue weighted by Gasteiger charge is -2.10. The molecule has 0 aliphatic rings. The van der Waals surface area contributed by atoms with Gasteiger partial charge in [-0.1, -0.05) is 13.5 Å². The first-order valence-corrected chi connectivity index (χ1v) is 6.28. The van der Waals surface area contributed by atoms with Crippen LogP contribution in [-0.4, -0.2) is 24.6 Å². The smallest absolute Gasteiger partial charge is 0.273 e. The molecular formula is C12H15BrN2O3. The maximum Gasteiger partial charge on any atom is 0.273 e. The minimum Gasteiger partial charge on any atom is -0.488 e. The standard InChI is InChI=1S/C12H15BrN2O3/c1-3-14-7-9(2)8-18-12-6-10(15(16)17)4-5-11(12)13/h4-6,14H,2-3,7-8H2,1H3. The Hall–Kier alpha value is -1.40. The van der Waals surface area contributed by atoms with Gasteiger partial charge >= 0.3 is 0 Å². The summed E-state index contributed by atoms with van der Waals surface area (Å²) in [6.07, 6.45) is 0. The zero-order chi connectivity index (χ0) is 13.5. The van der Waals surface area contributed by atoms with Crippen LogP contribution < -0.4 is 10.1 Å². The Kier molecular flexibility index (Phi) is 5.80. The summed E-state index contributed by atoms with van der Waals surface area (Å²) in [6.45, 7) is 7.72. The van der Waals surface area contributed by atoms with Crippen LogP contribution in [0.2, 0.25) is 0 Å². The zero-order valence-electron chi connectivity index (χ0n) is 10.1. The van der Waals surface area contributed by atoms with Crippen LogP contribution in [-0.2, 0) is 0 Å². The molecular weight excluding hydrogens is 300 g/mol. The lowest BCUT2D eigenvalue weighted by Crippen LogP contribution is -2.18. The summed E-state index contributed by atoms with van der Waals surface area (Å²) in [5, 5.41) is 13.8. The number of non-ortho nitro benzene ring substituents is 1. The second kappa shape index (κ2) is 7.13. The third-order valence-corrected chi connectivity index (χ3v) is 2.84. The molecule has 1 aromatic rings. The second-order valence-electron chi connectivity index (χ2n) is 3.69. The van der Waals surface area contributed by atoms with Gasteiger partial charge in [0, 0.05) is 12.6 Å². The number of ether oxygens (including phenoxy) is 1. The summed E-state index contributed by atoms with van der Waals surface area (Å²) in [7, 11) is 0. The molecule has 0 aliphatic heterocycles. The maximum atomic E-state index is 10.7. The van der Waals surface area contributed by atoms with Crippen molar-refractivity contribution in [2.75, 3.05) is 19.7 Å². The molecule has 18 heavy (non-hydrogen) atoms. The molecule has 98 valence electrons.